The Hall–Kier alpha value is -1.68. The van der Waals surface area contributed by atoms with E-state index in [0.717, 1.165) is 12.1 Å². The van der Waals surface area contributed by atoms with Gasteiger partial charge in [0.2, 0.25) is 0 Å². The van der Waals surface area contributed by atoms with Gasteiger partial charge >= 0.3 is 5.97 Å². The predicted octanol–water partition coefficient (Wildman–Crippen LogP) is 4.61. The molecule has 0 aliphatic heterocycles. The fourth-order valence-electron chi connectivity index (χ4n) is 2.36. The number of carboxylic acids is 1. The number of hydrogen-bond acceptors (Lipinski definition) is 2. The molecule has 1 heterocycles. The molecular formula is C18H20BrNO2. The van der Waals surface area contributed by atoms with Gasteiger partial charge in [-0.3, -0.25) is 4.98 Å². The van der Waals surface area contributed by atoms with Crippen LogP contribution in [-0.2, 0) is 18.2 Å². The van der Waals surface area contributed by atoms with Crippen molar-refractivity contribution >= 4 is 21.9 Å². The average Bonchev–Trinajstić information content (AvgIpc) is 2.54. The van der Waals surface area contributed by atoms with Gasteiger partial charge in [-0.15, -0.1) is 0 Å². The van der Waals surface area contributed by atoms with Crippen molar-refractivity contribution in [3.63, 3.8) is 0 Å². The average molecular weight is 362 g/mol. The molecule has 2 rings (SSSR count). The molecule has 0 aliphatic rings. The molecule has 0 aliphatic carbocycles. The minimum absolute atomic E-state index is 0.260. The molecule has 0 spiro atoms. The Morgan fingerprint density at radius 2 is 1.82 bits per heavy atom. The van der Waals surface area contributed by atoms with Crippen molar-refractivity contribution < 1.29 is 9.90 Å². The van der Waals surface area contributed by atoms with Crippen LogP contribution in [-0.4, -0.2) is 16.1 Å². The van der Waals surface area contributed by atoms with E-state index in [9.17, 15) is 4.79 Å². The number of alkyl halides is 1. The smallest absolute Gasteiger partial charge is 0.337 e. The van der Waals surface area contributed by atoms with E-state index in [1.165, 1.54) is 24.0 Å². The topological polar surface area (TPSA) is 50.2 Å². The fraction of sp³-hybridized carbons (Fsp3) is 0.333. The first-order valence-corrected chi connectivity index (χ1v) is 8.62. The van der Waals surface area contributed by atoms with Gasteiger partial charge in [-0.05, 0) is 36.1 Å². The maximum absolute atomic E-state index is 11.1. The van der Waals surface area contributed by atoms with Crippen molar-refractivity contribution in [2.45, 2.75) is 37.9 Å². The summed E-state index contributed by atoms with van der Waals surface area (Å²) >= 11 is 3.30. The molecule has 0 fully saturated rings. The molecule has 2 aromatic rings. The molecule has 0 amide bonds. The van der Waals surface area contributed by atoms with Crippen molar-refractivity contribution in [3.8, 4) is 0 Å². The van der Waals surface area contributed by atoms with Gasteiger partial charge in [-0.2, -0.15) is 0 Å². The second kappa shape index (κ2) is 8.08. The highest BCUT2D eigenvalue weighted by molar-refractivity contribution is 9.08. The molecule has 0 saturated heterocycles. The van der Waals surface area contributed by atoms with Gasteiger partial charge in [0.15, 0.2) is 0 Å². The highest BCUT2D eigenvalue weighted by Gasteiger charge is 2.11. The summed E-state index contributed by atoms with van der Waals surface area (Å²) in [5.41, 5.74) is 4.28. The summed E-state index contributed by atoms with van der Waals surface area (Å²) in [5, 5.41) is 9.56. The van der Waals surface area contributed by atoms with Crippen molar-refractivity contribution in [1.82, 2.24) is 4.98 Å². The van der Waals surface area contributed by atoms with E-state index in [1.807, 2.05) is 0 Å². The Morgan fingerprint density at radius 1 is 1.14 bits per heavy atom. The SMILES string of the molecule is CCCCc1ccc(Cc2ccc(C(=O)O)c(CBr)n2)cc1. The molecule has 0 radical (unpaired) electrons. The lowest BCUT2D eigenvalue weighted by Gasteiger charge is -2.07. The molecule has 0 unspecified atom stereocenters. The van der Waals surface area contributed by atoms with E-state index in [2.05, 4.69) is 52.1 Å². The van der Waals surface area contributed by atoms with Crippen LogP contribution in [0.1, 0.15) is 52.6 Å². The van der Waals surface area contributed by atoms with Gasteiger partial charge in [0.05, 0.1) is 11.3 Å². The maximum atomic E-state index is 11.1. The minimum atomic E-state index is -0.936. The highest BCUT2D eigenvalue weighted by Crippen LogP contribution is 2.15. The zero-order valence-corrected chi connectivity index (χ0v) is 14.3. The number of carboxylic acid groups (broad SMARTS) is 1. The number of carbonyl (C=O) groups is 1. The predicted molar refractivity (Wildman–Crippen MR) is 91.7 cm³/mol. The summed E-state index contributed by atoms with van der Waals surface area (Å²) in [6.45, 7) is 2.20. The number of rotatable bonds is 7. The van der Waals surface area contributed by atoms with Crippen LogP contribution in [0.15, 0.2) is 36.4 Å². The normalized spacial score (nSPS) is 10.6. The zero-order valence-electron chi connectivity index (χ0n) is 12.7. The molecule has 0 atom stereocenters. The number of benzene rings is 1. The molecule has 0 bridgehead atoms. The van der Waals surface area contributed by atoms with Crippen LogP contribution in [0.4, 0.5) is 0 Å². The standard InChI is InChI=1S/C18H20BrNO2/c1-2-3-4-13-5-7-14(8-6-13)11-15-9-10-16(18(21)22)17(12-19)20-15/h5-10H,2-4,11-12H2,1H3,(H,21,22). The third-order valence-corrected chi connectivity index (χ3v) is 4.15. The number of pyridine rings is 1. The molecule has 1 aromatic heterocycles. The lowest BCUT2D eigenvalue weighted by molar-refractivity contribution is 0.0695. The quantitative estimate of drug-likeness (QED) is 0.732. The van der Waals surface area contributed by atoms with Gasteiger partial charge in [0.1, 0.15) is 0 Å². The molecule has 0 saturated carbocycles. The van der Waals surface area contributed by atoms with Gasteiger partial charge < -0.3 is 5.11 Å². The van der Waals surface area contributed by atoms with Crippen LogP contribution >= 0.6 is 15.9 Å². The van der Waals surface area contributed by atoms with Gasteiger partial charge in [-0.1, -0.05) is 53.5 Å². The fourth-order valence-corrected chi connectivity index (χ4v) is 2.78. The molecule has 116 valence electrons. The summed E-state index contributed by atoms with van der Waals surface area (Å²) in [5.74, 6) is -0.936. The van der Waals surface area contributed by atoms with Crippen LogP contribution in [0.3, 0.4) is 0 Å². The van der Waals surface area contributed by atoms with E-state index in [-0.39, 0.29) is 5.56 Å². The molecule has 22 heavy (non-hydrogen) atoms. The third-order valence-electron chi connectivity index (χ3n) is 3.62. The first-order chi connectivity index (χ1) is 10.6. The first-order valence-electron chi connectivity index (χ1n) is 7.50. The Kier molecular flexibility index (Phi) is 6.13. The van der Waals surface area contributed by atoms with E-state index in [4.69, 9.17) is 5.11 Å². The van der Waals surface area contributed by atoms with E-state index in [1.54, 1.807) is 12.1 Å². The van der Waals surface area contributed by atoms with Crippen LogP contribution in [0.5, 0.6) is 0 Å². The van der Waals surface area contributed by atoms with Crippen LogP contribution < -0.4 is 0 Å². The number of nitrogens with zero attached hydrogens (tertiary/aromatic N) is 1. The molecule has 4 heteroatoms. The van der Waals surface area contributed by atoms with Crippen LogP contribution in [0.2, 0.25) is 0 Å². The Morgan fingerprint density at radius 3 is 2.41 bits per heavy atom. The summed E-state index contributed by atoms with van der Waals surface area (Å²) in [6.07, 6.45) is 4.26. The molecule has 3 nitrogen and oxygen atoms in total. The van der Waals surface area contributed by atoms with Crippen molar-refractivity contribution in [3.05, 3.63) is 64.5 Å². The third kappa shape index (κ3) is 4.41. The van der Waals surface area contributed by atoms with Crippen molar-refractivity contribution in [2.75, 3.05) is 0 Å². The van der Waals surface area contributed by atoms with E-state index in [0.29, 0.717) is 17.4 Å². The largest absolute Gasteiger partial charge is 0.478 e. The number of aromatic carboxylic acids is 1. The zero-order chi connectivity index (χ0) is 15.9. The van der Waals surface area contributed by atoms with Gasteiger partial charge in [0, 0.05) is 17.4 Å². The van der Waals surface area contributed by atoms with Crippen molar-refractivity contribution in [2.24, 2.45) is 0 Å². The summed E-state index contributed by atoms with van der Waals surface area (Å²) in [7, 11) is 0. The van der Waals surface area contributed by atoms with E-state index >= 15 is 0 Å². The number of halogens is 1. The summed E-state index contributed by atoms with van der Waals surface area (Å²) in [6, 6.07) is 12.0. The van der Waals surface area contributed by atoms with E-state index < -0.39 is 5.97 Å². The summed E-state index contributed by atoms with van der Waals surface area (Å²) in [4.78, 5) is 15.6. The lowest BCUT2D eigenvalue weighted by atomic mass is 10.0. The lowest BCUT2D eigenvalue weighted by Crippen LogP contribution is -2.05. The Balaban J connectivity index is 2.11. The molecule has 1 N–H and O–H groups in total. The molecule has 1 aromatic carbocycles. The second-order valence-electron chi connectivity index (χ2n) is 5.33. The van der Waals surface area contributed by atoms with Gasteiger partial charge in [0.25, 0.3) is 0 Å². The highest BCUT2D eigenvalue weighted by atomic mass is 79.9. The van der Waals surface area contributed by atoms with Gasteiger partial charge in [-0.25, -0.2) is 4.79 Å². The van der Waals surface area contributed by atoms with Crippen LogP contribution in [0, 0.1) is 0 Å². The Labute approximate surface area is 139 Å². The number of unbranched alkanes of at least 4 members (excludes halogenated alkanes) is 1. The van der Waals surface area contributed by atoms with Crippen molar-refractivity contribution in [1.29, 1.82) is 0 Å². The second-order valence-corrected chi connectivity index (χ2v) is 5.89. The number of aromatic nitrogens is 1. The molecular weight excluding hydrogens is 342 g/mol. The maximum Gasteiger partial charge on any atom is 0.337 e. The summed E-state index contributed by atoms with van der Waals surface area (Å²) < 4.78 is 0. The monoisotopic (exact) mass is 361 g/mol. The first kappa shape index (κ1) is 16.7. The van der Waals surface area contributed by atoms with Crippen LogP contribution in [0.25, 0.3) is 0 Å². The minimum Gasteiger partial charge on any atom is -0.478 e. The number of hydrogen-bond donors (Lipinski definition) is 1. The number of aryl methyl sites for hydroxylation is 1. The Bertz CT molecular complexity index is 638.